The third kappa shape index (κ3) is 3.81. The standard InChI is InChI=1S/C15H20N4O4S/c1-24(21,22)19-6-7-23-11(9-19)8-16-15-12-4-2-3-5-13(12)17-14(10-20)18-15/h2-5,11,20H,6-10H2,1H3,(H,16,17,18). The van der Waals surface area contributed by atoms with Crippen LogP contribution in [-0.4, -0.2) is 66.4 Å². The average Bonchev–Trinajstić information content (AvgIpc) is 2.59. The van der Waals surface area contributed by atoms with Crippen molar-refractivity contribution in [1.29, 1.82) is 0 Å². The van der Waals surface area contributed by atoms with Gasteiger partial charge in [-0.2, -0.15) is 4.31 Å². The number of morpholine rings is 1. The number of fused-ring (bicyclic) bond motifs is 1. The zero-order valence-electron chi connectivity index (χ0n) is 13.3. The minimum atomic E-state index is -3.22. The van der Waals surface area contributed by atoms with Crippen LogP contribution >= 0.6 is 0 Å². The lowest BCUT2D eigenvalue weighted by Gasteiger charge is -2.31. The lowest BCUT2D eigenvalue weighted by molar-refractivity contribution is 0.00701. The van der Waals surface area contributed by atoms with Crippen LogP contribution in [0.3, 0.4) is 0 Å². The topological polar surface area (TPSA) is 105 Å². The number of nitrogens with one attached hydrogen (secondary N) is 1. The number of ether oxygens (including phenoxy) is 1. The van der Waals surface area contributed by atoms with Crippen molar-refractivity contribution in [1.82, 2.24) is 14.3 Å². The van der Waals surface area contributed by atoms with Crippen molar-refractivity contribution in [3.63, 3.8) is 0 Å². The number of nitrogens with zero attached hydrogens (tertiary/aromatic N) is 3. The van der Waals surface area contributed by atoms with E-state index in [1.807, 2.05) is 24.3 Å². The fourth-order valence-electron chi connectivity index (χ4n) is 2.66. The van der Waals surface area contributed by atoms with E-state index in [1.165, 1.54) is 10.6 Å². The highest BCUT2D eigenvalue weighted by Crippen LogP contribution is 2.20. The van der Waals surface area contributed by atoms with E-state index >= 15 is 0 Å². The number of aromatic nitrogens is 2. The fourth-order valence-corrected chi connectivity index (χ4v) is 3.50. The van der Waals surface area contributed by atoms with Crippen molar-refractivity contribution >= 4 is 26.7 Å². The molecule has 24 heavy (non-hydrogen) atoms. The van der Waals surface area contributed by atoms with Gasteiger partial charge in [-0.3, -0.25) is 0 Å². The Morgan fingerprint density at radius 3 is 2.92 bits per heavy atom. The van der Waals surface area contributed by atoms with Crippen LogP contribution in [0.4, 0.5) is 5.82 Å². The van der Waals surface area contributed by atoms with E-state index in [9.17, 15) is 13.5 Å². The molecule has 1 unspecified atom stereocenters. The highest BCUT2D eigenvalue weighted by atomic mass is 32.2. The average molecular weight is 352 g/mol. The second-order valence-corrected chi connectivity index (χ2v) is 7.64. The number of aliphatic hydroxyl groups excluding tert-OH is 1. The first-order chi connectivity index (χ1) is 11.5. The van der Waals surface area contributed by atoms with E-state index in [1.54, 1.807) is 0 Å². The molecule has 1 aliphatic rings. The molecule has 1 aliphatic heterocycles. The van der Waals surface area contributed by atoms with Crippen molar-refractivity contribution in [3.05, 3.63) is 30.1 Å². The van der Waals surface area contributed by atoms with Gasteiger partial charge in [-0.05, 0) is 12.1 Å². The summed E-state index contributed by atoms with van der Waals surface area (Å²) in [5, 5.41) is 13.3. The smallest absolute Gasteiger partial charge is 0.211 e. The van der Waals surface area contributed by atoms with Crippen LogP contribution in [0.1, 0.15) is 5.82 Å². The lowest BCUT2D eigenvalue weighted by atomic mass is 10.2. The summed E-state index contributed by atoms with van der Waals surface area (Å²) in [6.45, 7) is 1.22. The van der Waals surface area contributed by atoms with Crippen molar-refractivity contribution in [2.24, 2.45) is 0 Å². The molecule has 0 amide bonds. The summed E-state index contributed by atoms with van der Waals surface area (Å²) in [5.74, 6) is 0.934. The highest BCUT2D eigenvalue weighted by Gasteiger charge is 2.26. The molecule has 2 N–H and O–H groups in total. The monoisotopic (exact) mass is 352 g/mol. The zero-order chi connectivity index (χ0) is 17.2. The molecular weight excluding hydrogens is 332 g/mol. The summed E-state index contributed by atoms with van der Waals surface area (Å²) in [4.78, 5) is 8.59. The van der Waals surface area contributed by atoms with Crippen LogP contribution < -0.4 is 5.32 Å². The number of benzene rings is 1. The molecule has 2 aromatic rings. The first-order valence-electron chi connectivity index (χ1n) is 7.64. The Morgan fingerprint density at radius 2 is 2.17 bits per heavy atom. The van der Waals surface area contributed by atoms with E-state index in [0.717, 1.165) is 10.9 Å². The van der Waals surface area contributed by atoms with Gasteiger partial charge in [-0.15, -0.1) is 0 Å². The molecule has 1 fully saturated rings. The maximum Gasteiger partial charge on any atom is 0.211 e. The van der Waals surface area contributed by atoms with Gasteiger partial charge in [0.15, 0.2) is 5.82 Å². The van der Waals surface area contributed by atoms with Crippen LogP contribution in [0.5, 0.6) is 0 Å². The van der Waals surface area contributed by atoms with E-state index in [0.29, 0.717) is 37.9 Å². The summed E-state index contributed by atoms with van der Waals surface area (Å²) in [5.41, 5.74) is 0.737. The Bertz CT molecular complexity index is 827. The molecule has 8 nitrogen and oxygen atoms in total. The van der Waals surface area contributed by atoms with Crippen LogP contribution in [0.25, 0.3) is 10.9 Å². The SMILES string of the molecule is CS(=O)(=O)N1CCOC(CNc2nc(CO)nc3ccccc23)C1. The maximum absolute atomic E-state index is 11.7. The first-order valence-corrected chi connectivity index (χ1v) is 9.49. The van der Waals surface area contributed by atoms with Gasteiger partial charge >= 0.3 is 0 Å². The van der Waals surface area contributed by atoms with Crippen molar-refractivity contribution in [2.75, 3.05) is 37.8 Å². The summed E-state index contributed by atoms with van der Waals surface area (Å²) < 4.78 is 30.4. The molecule has 9 heteroatoms. The molecule has 0 spiro atoms. The lowest BCUT2D eigenvalue weighted by Crippen LogP contribution is -2.47. The number of aliphatic hydroxyl groups is 1. The van der Waals surface area contributed by atoms with Gasteiger partial charge in [0.2, 0.25) is 10.0 Å². The molecule has 1 aromatic carbocycles. The predicted molar refractivity (Wildman–Crippen MR) is 90.1 cm³/mol. The van der Waals surface area contributed by atoms with E-state index in [4.69, 9.17) is 4.74 Å². The maximum atomic E-state index is 11.7. The molecule has 1 aromatic heterocycles. The van der Waals surface area contributed by atoms with Crippen molar-refractivity contribution < 1.29 is 18.3 Å². The van der Waals surface area contributed by atoms with Crippen LogP contribution in [0.15, 0.2) is 24.3 Å². The Balaban J connectivity index is 1.76. The molecule has 0 bridgehead atoms. The molecule has 1 saturated heterocycles. The molecular formula is C15H20N4O4S. The minimum Gasteiger partial charge on any atom is -0.388 e. The third-order valence-electron chi connectivity index (χ3n) is 3.86. The predicted octanol–water partition coefficient (Wildman–Crippen LogP) is 0.194. The summed E-state index contributed by atoms with van der Waals surface area (Å²) in [6, 6.07) is 7.50. The first kappa shape index (κ1) is 17.0. The number of sulfonamides is 1. The van der Waals surface area contributed by atoms with Gasteiger partial charge in [0.1, 0.15) is 12.4 Å². The summed E-state index contributed by atoms with van der Waals surface area (Å²) >= 11 is 0. The molecule has 1 atom stereocenters. The highest BCUT2D eigenvalue weighted by molar-refractivity contribution is 7.88. The molecule has 0 saturated carbocycles. The Hall–Kier alpha value is -1.81. The van der Waals surface area contributed by atoms with E-state index in [2.05, 4.69) is 15.3 Å². The zero-order valence-corrected chi connectivity index (χ0v) is 14.2. The van der Waals surface area contributed by atoms with E-state index in [-0.39, 0.29) is 12.7 Å². The van der Waals surface area contributed by atoms with Crippen LogP contribution in [-0.2, 0) is 21.4 Å². The normalized spacial score (nSPS) is 19.5. The van der Waals surface area contributed by atoms with Crippen molar-refractivity contribution in [2.45, 2.75) is 12.7 Å². The van der Waals surface area contributed by atoms with Gasteiger partial charge in [0, 0.05) is 25.0 Å². The Labute approximate surface area is 140 Å². The summed E-state index contributed by atoms with van der Waals surface area (Å²) in [7, 11) is -3.22. The second kappa shape index (κ2) is 6.98. The molecule has 2 heterocycles. The number of hydrogen-bond donors (Lipinski definition) is 2. The van der Waals surface area contributed by atoms with Crippen molar-refractivity contribution in [3.8, 4) is 0 Å². The van der Waals surface area contributed by atoms with Gasteiger partial charge < -0.3 is 15.2 Å². The number of para-hydroxylation sites is 1. The number of anilines is 1. The quantitative estimate of drug-likeness (QED) is 0.792. The fraction of sp³-hybridized carbons (Fsp3) is 0.467. The van der Waals surface area contributed by atoms with Gasteiger partial charge in [0.05, 0.1) is 24.5 Å². The molecule has 0 radical (unpaired) electrons. The van der Waals surface area contributed by atoms with Gasteiger partial charge in [-0.25, -0.2) is 18.4 Å². The Morgan fingerprint density at radius 1 is 1.38 bits per heavy atom. The Kier molecular flexibility index (Phi) is 4.95. The van der Waals surface area contributed by atoms with Crippen LogP contribution in [0, 0.1) is 0 Å². The third-order valence-corrected chi connectivity index (χ3v) is 5.13. The minimum absolute atomic E-state index is 0.249. The van der Waals surface area contributed by atoms with Gasteiger partial charge in [0.25, 0.3) is 0 Å². The molecule has 3 rings (SSSR count). The van der Waals surface area contributed by atoms with Crippen LogP contribution in [0.2, 0.25) is 0 Å². The second-order valence-electron chi connectivity index (χ2n) is 5.66. The molecule has 130 valence electrons. The number of hydrogen-bond acceptors (Lipinski definition) is 7. The summed E-state index contributed by atoms with van der Waals surface area (Å²) in [6.07, 6.45) is 0.939. The van der Waals surface area contributed by atoms with Gasteiger partial charge in [-0.1, -0.05) is 12.1 Å². The van der Waals surface area contributed by atoms with E-state index < -0.39 is 10.0 Å². The molecule has 0 aliphatic carbocycles. The number of rotatable bonds is 5. The largest absolute Gasteiger partial charge is 0.388 e.